The fraction of sp³-hybridized carbons (Fsp3) is 0.417. The Morgan fingerprint density at radius 3 is 2.15 bits per heavy atom. The van der Waals surface area contributed by atoms with E-state index in [1.165, 1.54) is 14.2 Å². The van der Waals surface area contributed by atoms with Crippen LogP contribution >= 0.6 is 0 Å². The molecule has 0 spiro atoms. The second-order valence-electron chi connectivity index (χ2n) is 12.5. The van der Waals surface area contributed by atoms with Gasteiger partial charge < -0.3 is 35.2 Å². The number of allylic oxidation sites excluding steroid dienone is 4. The van der Waals surface area contributed by atoms with Gasteiger partial charge in [-0.15, -0.1) is 22.8 Å². The number of esters is 2. The first kappa shape index (κ1) is 34.4. The quantitative estimate of drug-likeness (QED) is 0.163. The van der Waals surface area contributed by atoms with Crippen molar-refractivity contribution >= 4 is 70.3 Å². The Labute approximate surface area is 291 Å². The van der Waals surface area contributed by atoms with Crippen molar-refractivity contribution in [2.24, 2.45) is 29.6 Å². The number of fused-ring (bicyclic) bond motifs is 7. The van der Waals surface area contributed by atoms with E-state index in [4.69, 9.17) is 30.1 Å². The van der Waals surface area contributed by atoms with Gasteiger partial charge in [0.05, 0.1) is 14.2 Å². The van der Waals surface area contributed by atoms with Crippen LogP contribution in [0.4, 0.5) is 0 Å². The van der Waals surface area contributed by atoms with E-state index in [1.54, 1.807) is 0 Å². The van der Waals surface area contributed by atoms with Crippen LogP contribution in [0.15, 0.2) is 29.4 Å². The fourth-order valence-electron chi connectivity index (χ4n) is 7.46. The molecule has 3 aliphatic heterocycles. The van der Waals surface area contributed by atoms with Crippen LogP contribution in [0.25, 0.3) is 40.2 Å². The van der Waals surface area contributed by atoms with Crippen molar-refractivity contribution < 1.29 is 29.0 Å². The molecule has 5 atom stereocenters. The SMILES string of the molecule is C=C(O)c1c2[n-]c(c1C)/C=C1\[N-]/C(=C3\c4[n-]c(c(C)c4C(=O)[C@@H]3C(=O)OC)/C=C3\[N-]/C(=C\2)[C@H](C)[C@H]3CC)[C@@H](CCC(=O)OC)[C@@H]1C.[Mg+2]. The summed E-state index contributed by atoms with van der Waals surface area (Å²) in [6, 6.07) is 0. The van der Waals surface area contributed by atoms with Crippen LogP contribution in [-0.4, -0.2) is 60.1 Å². The smallest absolute Gasteiger partial charge is 0.664 e. The molecule has 0 saturated carbocycles. The number of nitrogens with zero attached hydrogens (tertiary/aromatic N) is 4. The van der Waals surface area contributed by atoms with E-state index in [0.29, 0.717) is 62.9 Å². The summed E-state index contributed by atoms with van der Waals surface area (Å²) in [6.45, 7) is 13.8. The van der Waals surface area contributed by atoms with Crippen LogP contribution in [0.3, 0.4) is 0 Å². The maximum atomic E-state index is 14.1. The van der Waals surface area contributed by atoms with Gasteiger partial charge in [0, 0.05) is 17.5 Å². The topological polar surface area (TPSA) is 146 Å². The number of carbonyl (C=O) groups is 3. The number of Topliss-reactive ketones (excluding diaryl/α,β-unsaturated/α-hetero) is 1. The zero-order chi connectivity index (χ0) is 33.2. The van der Waals surface area contributed by atoms with E-state index in [2.05, 4.69) is 20.4 Å². The predicted octanol–water partition coefficient (Wildman–Crippen LogP) is 6.44. The average Bonchev–Trinajstić information content (AvgIpc) is 3.76. The summed E-state index contributed by atoms with van der Waals surface area (Å²) in [5.41, 5.74) is 7.82. The van der Waals surface area contributed by atoms with E-state index >= 15 is 0 Å². The van der Waals surface area contributed by atoms with Crippen LogP contribution in [0.2, 0.25) is 0 Å². The van der Waals surface area contributed by atoms with Crippen molar-refractivity contribution in [3.8, 4) is 0 Å². The standard InChI is InChI=1S/C36H39N4O6.Mg/c1-9-20-15(2)22-14-27-29(19(6)41)17(4)24(38-27)12-23-16(3)21(10-11-28(42)45-7)33(39-23)31-32(36(44)46-8)35(43)30-18(5)25(40-34(30)31)13-26(20)37-22;/h12-16,20-21,32H,6,9-11H2,1-5,7-8H3,(H2-,39,40,41,43);/q-3;+2/p-1/b22-14-,23-12-,26-13-;/t15-,16+,20-,21+,32-;/m1./s1. The molecule has 5 heterocycles. The number of rotatable bonds is 6. The molecule has 0 aromatic carbocycles. The Morgan fingerprint density at radius 1 is 0.894 bits per heavy atom. The van der Waals surface area contributed by atoms with Crippen molar-refractivity contribution in [1.29, 1.82) is 0 Å². The fourth-order valence-corrected chi connectivity index (χ4v) is 7.46. The maximum absolute atomic E-state index is 14.1. The van der Waals surface area contributed by atoms with Crippen LogP contribution < -0.4 is 9.97 Å². The van der Waals surface area contributed by atoms with Crippen molar-refractivity contribution in [2.45, 2.75) is 53.9 Å². The van der Waals surface area contributed by atoms with E-state index < -0.39 is 11.9 Å². The molecule has 10 nitrogen and oxygen atoms in total. The third-order valence-electron chi connectivity index (χ3n) is 10.1. The van der Waals surface area contributed by atoms with Gasteiger partial charge in [0.15, 0.2) is 5.78 Å². The van der Waals surface area contributed by atoms with Gasteiger partial charge in [-0.3, -0.25) is 14.4 Å². The zero-order valence-corrected chi connectivity index (χ0v) is 29.3. The van der Waals surface area contributed by atoms with Gasteiger partial charge in [0.25, 0.3) is 0 Å². The molecular formula is C36H38MgN4O6-2. The monoisotopic (exact) mass is 646 g/mol. The second-order valence-corrected chi connectivity index (χ2v) is 12.5. The second kappa shape index (κ2) is 12.9. The molecule has 11 heteroatoms. The number of carbonyl (C=O) groups excluding carboxylic acids is 3. The third-order valence-corrected chi connectivity index (χ3v) is 10.1. The average molecular weight is 647 g/mol. The number of ether oxygens (including phenoxy) is 2. The summed E-state index contributed by atoms with van der Waals surface area (Å²) in [4.78, 5) is 49.5. The largest absolute Gasteiger partial charge is 2.00 e. The van der Waals surface area contributed by atoms with Crippen molar-refractivity contribution in [3.63, 3.8) is 0 Å². The summed E-state index contributed by atoms with van der Waals surface area (Å²) in [5, 5.41) is 20.8. The summed E-state index contributed by atoms with van der Waals surface area (Å²) in [6.07, 6.45) is 7.05. The molecule has 2 aromatic rings. The van der Waals surface area contributed by atoms with E-state index in [1.807, 2.05) is 39.0 Å². The number of aromatic nitrogens is 2. The number of hydrogen-bond acceptors (Lipinski definition) is 6. The molecule has 8 bridgehead atoms. The van der Waals surface area contributed by atoms with Crippen molar-refractivity contribution in [2.75, 3.05) is 14.2 Å². The van der Waals surface area contributed by atoms with Gasteiger partial charge in [0.2, 0.25) is 0 Å². The molecular weight excluding hydrogens is 609 g/mol. The van der Waals surface area contributed by atoms with E-state index in [9.17, 15) is 19.5 Å². The summed E-state index contributed by atoms with van der Waals surface area (Å²) in [7, 11) is 2.60. The molecule has 47 heavy (non-hydrogen) atoms. The van der Waals surface area contributed by atoms with Crippen LogP contribution in [-0.2, 0) is 19.1 Å². The molecule has 0 amide bonds. The van der Waals surface area contributed by atoms with Gasteiger partial charge in [-0.05, 0) is 43.9 Å². The Hall–Kier alpha value is -3.96. The molecule has 4 aliphatic rings. The van der Waals surface area contributed by atoms with Gasteiger partial charge in [-0.1, -0.05) is 68.7 Å². The Kier molecular flexibility index (Phi) is 9.44. The number of aliphatic hydroxyl groups excluding tert-OH is 1. The van der Waals surface area contributed by atoms with Crippen LogP contribution in [0.5, 0.6) is 0 Å². The minimum absolute atomic E-state index is 0. The third kappa shape index (κ3) is 5.47. The molecule has 1 aliphatic carbocycles. The predicted molar refractivity (Wildman–Crippen MR) is 181 cm³/mol. The molecule has 242 valence electrons. The number of ketones is 1. The number of methoxy groups -OCH3 is 2. The Morgan fingerprint density at radius 2 is 1.51 bits per heavy atom. The molecule has 0 radical (unpaired) electrons. The Bertz CT molecular complexity index is 1820. The van der Waals surface area contributed by atoms with Gasteiger partial charge >= 0.3 is 35.0 Å². The Balaban J connectivity index is 0.00000433. The molecule has 2 fully saturated rings. The van der Waals surface area contributed by atoms with Gasteiger partial charge in [0.1, 0.15) is 11.7 Å². The number of hydrogen-bond donors (Lipinski definition) is 1. The number of aliphatic hydroxyl groups is 1. The van der Waals surface area contributed by atoms with E-state index in [-0.39, 0.29) is 70.7 Å². The summed E-state index contributed by atoms with van der Waals surface area (Å²) >= 11 is 0. The van der Waals surface area contributed by atoms with Crippen LogP contribution in [0.1, 0.15) is 89.9 Å². The van der Waals surface area contributed by atoms with Crippen LogP contribution in [0, 0.1) is 43.4 Å². The molecule has 1 N–H and O–H groups in total. The van der Waals surface area contributed by atoms with E-state index in [0.717, 1.165) is 23.4 Å². The molecule has 2 saturated heterocycles. The summed E-state index contributed by atoms with van der Waals surface area (Å²) < 4.78 is 10.1. The minimum Gasteiger partial charge on any atom is -0.664 e. The molecule has 0 unspecified atom stereocenters. The summed E-state index contributed by atoms with van der Waals surface area (Å²) in [5.74, 6) is -3.13. The first-order valence-corrected chi connectivity index (χ1v) is 15.7. The van der Waals surface area contributed by atoms with Gasteiger partial charge in [-0.2, -0.15) is 22.8 Å². The normalized spacial score (nSPS) is 29.0. The van der Waals surface area contributed by atoms with Crippen molar-refractivity contribution in [1.82, 2.24) is 9.97 Å². The molecule has 2 aromatic heterocycles. The minimum atomic E-state index is -1.23. The molecule has 6 rings (SSSR count). The van der Waals surface area contributed by atoms with Gasteiger partial charge in [-0.25, -0.2) is 0 Å². The van der Waals surface area contributed by atoms with Crippen molar-refractivity contribution in [3.05, 3.63) is 85.0 Å². The zero-order valence-electron chi connectivity index (χ0n) is 27.9. The first-order valence-electron chi connectivity index (χ1n) is 15.7. The maximum Gasteiger partial charge on any atom is 2.00 e. The first-order chi connectivity index (χ1) is 21.9.